The van der Waals surface area contributed by atoms with E-state index in [4.69, 9.17) is 17.0 Å². The van der Waals surface area contributed by atoms with Crippen molar-refractivity contribution in [1.82, 2.24) is 5.32 Å². The fraction of sp³-hybridized carbons (Fsp3) is 0.211. The molecule has 0 aromatic heterocycles. The average molecular weight is 372 g/mol. The Morgan fingerprint density at radius 2 is 1.85 bits per heavy atom. The van der Waals surface area contributed by atoms with Gasteiger partial charge in [0.05, 0.1) is 19.3 Å². The molecule has 0 fully saturated rings. The molecule has 0 aliphatic rings. The van der Waals surface area contributed by atoms with Crippen LogP contribution in [0.2, 0.25) is 0 Å². The Balaban J connectivity index is 1.72. The van der Waals surface area contributed by atoms with Gasteiger partial charge in [0.15, 0.2) is 5.11 Å². The van der Waals surface area contributed by atoms with Crippen LogP contribution in [0.5, 0.6) is 5.75 Å². The first-order valence-corrected chi connectivity index (χ1v) is 8.46. The van der Waals surface area contributed by atoms with Crippen LogP contribution < -0.4 is 15.4 Å². The number of hydrogen-bond donors (Lipinski definition) is 2. The number of ether oxygens (including phenoxy) is 2. The summed E-state index contributed by atoms with van der Waals surface area (Å²) in [5, 5.41) is 5.64. The minimum Gasteiger partial charge on any atom is -0.494 e. The van der Waals surface area contributed by atoms with Gasteiger partial charge in [-0.05, 0) is 49.0 Å². The molecule has 2 aromatic rings. The standard InChI is InChI=1S/C19H20N2O4S/c1-24-18(23)14-7-5-8-15(13-14)20-19(26)21-17(22)11-6-12-25-16-9-3-2-4-10-16/h2-5,7-10,13H,6,11-12H2,1H3,(H2,20,21,22,26). The van der Waals surface area contributed by atoms with E-state index in [1.807, 2.05) is 30.3 Å². The number of esters is 1. The lowest BCUT2D eigenvalue weighted by molar-refractivity contribution is -0.119. The molecule has 0 aliphatic heterocycles. The fourth-order valence-corrected chi connectivity index (χ4v) is 2.36. The largest absolute Gasteiger partial charge is 0.494 e. The highest BCUT2D eigenvalue weighted by molar-refractivity contribution is 7.80. The van der Waals surface area contributed by atoms with Crippen LogP contribution in [0.1, 0.15) is 23.2 Å². The Labute approximate surface area is 157 Å². The summed E-state index contributed by atoms with van der Waals surface area (Å²) < 4.78 is 10.2. The first kappa shape index (κ1) is 19.4. The lowest BCUT2D eigenvalue weighted by atomic mass is 10.2. The maximum absolute atomic E-state index is 11.9. The van der Waals surface area contributed by atoms with E-state index >= 15 is 0 Å². The molecule has 0 bridgehead atoms. The third-order valence-electron chi connectivity index (χ3n) is 3.35. The molecule has 0 unspecified atom stereocenters. The van der Waals surface area contributed by atoms with Crippen LogP contribution >= 0.6 is 12.2 Å². The Bertz CT molecular complexity index is 765. The topological polar surface area (TPSA) is 76.7 Å². The molecule has 0 saturated heterocycles. The minimum atomic E-state index is -0.443. The van der Waals surface area contributed by atoms with Crippen molar-refractivity contribution in [3.05, 3.63) is 60.2 Å². The zero-order valence-corrected chi connectivity index (χ0v) is 15.2. The summed E-state index contributed by atoms with van der Waals surface area (Å²) in [5.74, 6) is 0.126. The van der Waals surface area contributed by atoms with Gasteiger partial charge < -0.3 is 20.1 Å². The van der Waals surface area contributed by atoms with Crippen molar-refractivity contribution in [3.63, 3.8) is 0 Å². The third kappa shape index (κ3) is 6.52. The maximum atomic E-state index is 11.9. The second kappa shape index (κ2) is 10.1. The quantitative estimate of drug-likeness (QED) is 0.442. The molecule has 0 aliphatic carbocycles. The van der Waals surface area contributed by atoms with Crippen LogP contribution in [0.15, 0.2) is 54.6 Å². The highest BCUT2D eigenvalue weighted by atomic mass is 32.1. The van der Waals surface area contributed by atoms with E-state index in [9.17, 15) is 9.59 Å². The molecule has 0 atom stereocenters. The molecule has 0 heterocycles. The minimum absolute atomic E-state index is 0.168. The van der Waals surface area contributed by atoms with Crippen molar-refractivity contribution in [1.29, 1.82) is 0 Å². The Hall–Kier alpha value is -2.93. The summed E-state index contributed by atoms with van der Waals surface area (Å²) in [4.78, 5) is 23.4. The van der Waals surface area contributed by atoms with E-state index in [1.165, 1.54) is 7.11 Å². The van der Waals surface area contributed by atoms with E-state index in [2.05, 4.69) is 15.4 Å². The number of nitrogens with one attached hydrogen (secondary N) is 2. The van der Waals surface area contributed by atoms with Crippen LogP contribution in [0.4, 0.5) is 5.69 Å². The summed E-state index contributed by atoms with van der Waals surface area (Å²) >= 11 is 5.11. The highest BCUT2D eigenvalue weighted by Crippen LogP contribution is 2.12. The second-order valence-corrected chi connectivity index (χ2v) is 5.75. The molecule has 1 amide bonds. The van der Waals surface area contributed by atoms with Crippen LogP contribution in [-0.2, 0) is 9.53 Å². The number of benzene rings is 2. The van der Waals surface area contributed by atoms with E-state index < -0.39 is 5.97 Å². The monoisotopic (exact) mass is 372 g/mol. The molecule has 2 aromatic carbocycles. The molecule has 0 spiro atoms. The van der Waals surface area contributed by atoms with Gasteiger partial charge in [0.2, 0.25) is 5.91 Å². The number of para-hydroxylation sites is 1. The van der Waals surface area contributed by atoms with Crippen molar-refractivity contribution < 1.29 is 19.1 Å². The fourth-order valence-electron chi connectivity index (χ4n) is 2.13. The van der Waals surface area contributed by atoms with E-state index in [1.54, 1.807) is 24.3 Å². The Morgan fingerprint density at radius 3 is 2.58 bits per heavy atom. The summed E-state index contributed by atoms with van der Waals surface area (Å²) in [6.07, 6.45) is 0.859. The van der Waals surface area contributed by atoms with E-state index in [0.717, 1.165) is 5.75 Å². The Morgan fingerprint density at radius 1 is 1.08 bits per heavy atom. The average Bonchev–Trinajstić information content (AvgIpc) is 2.65. The number of hydrogen-bond acceptors (Lipinski definition) is 5. The number of amides is 1. The van der Waals surface area contributed by atoms with Gasteiger partial charge in [-0.25, -0.2) is 4.79 Å². The van der Waals surface area contributed by atoms with Crippen LogP contribution in [0.3, 0.4) is 0 Å². The number of carbonyl (C=O) groups excluding carboxylic acids is 2. The van der Waals surface area contributed by atoms with Gasteiger partial charge in [-0.3, -0.25) is 4.79 Å². The number of thiocarbonyl (C=S) groups is 1. The normalized spacial score (nSPS) is 9.88. The van der Waals surface area contributed by atoms with Gasteiger partial charge in [0.25, 0.3) is 0 Å². The molecule has 0 saturated carbocycles. The molecule has 136 valence electrons. The van der Waals surface area contributed by atoms with Crippen LogP contribution in [0.25, 0.3) is 0 Å². The third-order valence-corrected chi connectivity index (χ3v) is 3.56. The van der Waals surface area contributed by atoms with Gasteiger partial charge in [0.1, 0.15) is 5.75 Å². The van der Waals surface area contributed by atoms with Crippen molar-refractivity contribution in [2.24, 2.45) is 0 Å². The SMILES string of the molecule is COC(=O)c1cccc(NC(=S)NC(=O)CCCOc2ccccc2)c1. The first-order valence-electron chi connectivity index (χ1n) is 8.05. The number of carbonyl (C=O) groups is 2. The molecular formula is C19H20N2O4S. The van der Waals surface area contributed by atoms with Crippen molar-refractivity contribution in [2.45, 2.75) is 12.8 Å². The van der Waals surface area contributed by atoms with E-state index in [0.29, 0.717) is 24.3 Å². The predicted octanol–water partition coefficient (Wildman–Crippen LogP) is 3.15. The Kier molecular flexibility index (Phi) is 7.57. The predicted molar refractivity (Wildman–Crippen MR) is 103 cm³/mol. The zero-order valence-electron chi connectivity index (χ0n) is 14.4. The smallest absolute Gasteiger partial charge is 0.337 e. The number of methoxy groups -OCH3 is 1. The lowest BCUT2D eigenvalue weighted by Crippen LogP contribution is -2.34. The molecular weight excluding hydrogens is 352 g/mol. The van der Waals surface area contributed by atoms with Crippen molar-refractivity contribution in [2.75, 3.05) is 19.0 Å². The van der Waals surface area contributed by atoms with Gasteiger partial charge in [-0.15, -0.1) is 0 Å². The molecule has 7 heteroatoms. The summed E-state index contributed by atoms with van der Waals surface area (Å²) in [5.41, 5.74) is 0.982. The van der Waals surface area contributed by atoms with Gasteiger partial charge in [-0.2, -0.15) is 0 Å². The van der Waals surface area contributed by atoms with E-state index in [-0.39, 0.29) is 17.4 Å². The molecule has 26 heavy (non-hydrogen) atoms. The molecule has 2 rings (SSSR count). The molecule has 0 radical (unpaired) electrons. The number of anilines is 1. The summed E-state index contributed by atoms with van der Waals surface area (Å²) in [6.45, 7) is 0.443. The van der Waals surface area contributed by atoms with Gasteiger partial charge in [0, 0.05) is 12.1 Å². The van der Waals surface area contributed by atoms with Gasteiger partial charge >= 0.3 is 5.97 Å². The van der Waals surface area contributed by atoms with Crippen molar-refractivity contribution >= 4 is 34.9 Å². The molecule has 2 N–H and O–H groups in total. The molecule has 6 nitrogen and oxygen atoms in total. The first-order chi connectivity index (χ1) is 12.6. The highest BCUT2D eigenvalue weighted by Gasteiger charge is 2.08. The van der Waals surface area contributed by atoms with Gasteiger partial charge in [-0.1, -0.05) is 24.3 Å². The summed E-state index contributed by atoms with van der Waals surface area (Å²) in [6, 6.07) is 16.1. The summed E-state index contributed by atoms with van der Waals surface area (Å²) in [7, 11) is 1.31. The van der Waals surface area contributed by atoms with Crippen molar-refractivity contribution in [3.8, 4) is 5.75 Å². The second-order valence-electron chi connectivity index (χ2n) is 5.34. The lowest BCUT2D eigenvalue weighted by Gasteiger charge is -2.10. The van der Waals surface area contributed by atoms with Crippen LogP contribution in [0, 0.1) is 0 Å². The van der Waals surface area contributed by atoms with Crippen LogP contribution in [-0.4, -0.2) is 30.7 Å². The zero-order chi connectivity index (χ0) is 18.8. The maximum Gasteiger partial charge on any atom is 0.337 e. The number of rotatable bonds is 7.